The van der Waals surface area contributed by atoms with Crippen LogP contribution in [0.4, 0.5) is 0 Å². The molecule has 3 aromatic rings. The first-order chi connectivity index (χ1) is 11.5. The van der Waals surface area contributed by atoms with E-state index in [0.717, 1.165) is 4.70 Å². The van der Waals surface area contributed by atoms with Gasteiger partial charge < -0.3 is 14.9 Å². The molecule has 2 aromatic carbocycles. The van der Waals surface area contributed by atoms with Gasteiger partial charge in [0.15, 0.2) is 0 Å². The highest BCUT2D eigenvalue weighted by atomic mass is 35.5. The molecule has 1 heterocycles. The minimum Gasteiger partial charge on any atom is -0.491 e. The van der Waals surface area contributed by atoms with Crippen LogP contribution in [0.15, 0.2) is 47.3 Å². The number of aliphatic hydroxyl groups is 2. The second-order valence-electron chi connectivity index (χ2n) is 4.78. The molecule has 3 N–H and O–H groups in total. The van der Waals surface area contributed by atoms with Gasteiger partial charge in [0.25, 0.3) is 5.56 Å². The zero-order valence-electron chi connectivity index (χ0n) is 12.4. The highest BCUT2D eigenvalue weighted by Crippen LogP contribution is 2.18. The summed E-state index contributed by atoms with van der Waals surface area (Å²) in [5.74, 6) is 0.622. The van der Waals surface area contributed by atoms with Gasteiger partial charge in [-0.05, 0) is 42.5 Å². The van der Waals surface area contributed by atoms with Crippen molar-refractivity contribution >= 4 is 44.8 Å². The molecule has 128 valence electrons. The van der Waals surface area contributed by atoms with Crippen LogP contribution in [-0.2, 0) is 0 Å². The Morgan fingerprint density at radius 2 is 1.79 bits per heavy atom. The fraction of sp³-hybridized carbons (Fsp3) is 0.188. The van der Waals surface area contributed by atoms with Gasteiger partial charge in [0, 0.05) is 10.0 Å². The number of halogens is 2. The van der Waals surface area contributed by atoms with E-state index < -0.39 is 6.10 Å². The summed E-state index contributed by atoms with van der Waals surface area (Å²) in [6.45, 7) is -0.217. The van der Waals surface area contributed by atoms with Crippen molar-refractivity contribution in [2.24, 2.45) is 0 Å². The van der Waals surface area contributed by atoms with Crippen LogP contribution in [-0.4, -0.2) is 33.9 Å². The molecule has 0 fully saturated rings. The molecule has 5 nitrogen and oxygen atoms in total. The Morgan fingerprint density at radius 3 is 2.46 bits per heavy atom. The molecule has 8 heteroatoms. The van der Waals surface area contributed by atoms with Gasteiger partial charge in [-0.3, -0.25) is 9.17 Å². The van der Waals surface area contributed by atoms with Gasteiger partial charge in [-0.25, -0.2) is 0 Å². The lowest BCUT2D eigenvalue weighted by Crippen LogP contribution is -2.21. The average Bonchev–Trinajstić information content (AvgIpc) is 2.95. The van der Waals surface area contributed by atoms with Crippen molar-refractivity contribution in [2.45, 2.75) is 6.10 Å². The van der Waals surface area contributed by atoms with E-state index in [1.165, 1.54) is 11.5 Å². The predicted molar refractivity (Wildman–Crippen MR) is 97.5 cm³/mol. The van der Waals surface area contributed by atoms with Crippen molar-refractivity contribution in [3.8, 4) is 5.75 Å². The van der Waals surface area contributed by atoms with Crippen LogP contribution in [0, 0.1) is 0 Å². The van der Waals surface area contributed by atoms with Crippen LogP contribution in [0.3, 0.4) is 0 Å². The average molecular weight is 388 g/mol. The van der Waals surface area contributed by atoms with E-state index in [-0.39, 0.29) is 18.8 Å². The summed E-state index contributed by atoms with van der Waals surface area (Å²) in [4.78, 5) is 11.0. The van der Waals surface area contributed by atoms with Crippen molar-refractivity contribution in [2.75, 3.05) is 13.2 Å². The third-order valence-electron chi connectivity index (χ3n) is 2.91. The third kappa shape index (κ3) is 5.51. The zero-order valence-corrected chi connectivity index (χ0v) is 14.7. The number of nitrogens with one attached hydrogen (secondary N) is 1. The molecule has 24 heavy (non-hydrogen) atoms. The van der Waals surface area contributed by atoms with Gasteiger partial charge in [-0.2, -0.15) is 0 Å². The Hall–Kier alpha value is -1.57. The summed E-state index contributed by atoms with van der Waals surface area (Å²) in [6.07, 6.45) is -0.837. The number of benzene rings is 2. The summed E-state index contributed by atoms with van der Waals surface area (Å²) in [5.41, 5.74) is -0.0401. The Kier molecular flexibility index (Phi) is 7.08. The lowest BCUT2D eigenvalue weighted by atomic mass is 10.3. The smallest absolute Gasteiger partial charge is 0.265 e. The van der Waals surface area contributed by atoms with E-state index in [2.05, 4.69) is 4.37 Å². The van der Waals surface area contributed by atoms with Gasteiger partial charge in [0.05, 0.1) is 16.7 Å². The fourth-order valence-electron chi connectivity index (χ4n) is 1.70. The number of hydrogen-bond donors (Lipinski definition) is 3. The van der Waals surface area contributed by atoms with Crippen LogP contribution >= 0.6 is 34.7 Å². The van der Waals surface area contributed by atoms with Crippen LogP contribution < -0.4 is 10.3 Å². The molecule has 0 aliphatic carbocycles. The molecule has 1 aromatic heterocycles. The molecule has 3 rings (SSSR count). The summed E-state index contributed by atoms with van der Waals surface area (Å²) < 4.78 is 8.68. The van der Waals surface area contributed by atoms with E-state index in [1.807, 2.05) is 0 Å². The van der Waals surface area contributed by atoms with Crippen LogP contribution in [0.25, 0.3) is 10.1 Å². The van der Waals surface area contributed by atoms with Crippen molar-refractivity contribution in [3.05, 3.63) is 62.9 Å². The lowest BCUT2D eigenvalue weighted by Gasteiger charge is -2.09. The standard InChI is InChI=1S/C9H11ClO3.C7H4ClNOS/c10-7-1-3-9(4-2-7)13-6-8(12)5-11;8-4-1-2-5-6(3-4)11-9-7(5)10/h1-4,8,11-12H,5-6H2;1-3H,(H,9,10). The Morgan fingerprint density at radius 1 is 1.12 bits per heavy atom. The van der Waals surface area contributed by atoms with E-state index in [9.17, 15) is 4.79 Å². The van der Waals surface area contributed by atoms with Gasteiger partial charge in [0.2, 0.25) is 0 Å². The lowest BCUT2D eigenvalue weighted by molar-refractivity contribution is 0.0536. The zero-order chi connectivity index (χ0) is 17.5. The van der Waals surface area contributed by atoms with Gasteiger partial charge in [0.1, 0.15) is 18.5 Å². The van der Waals surface area contributed by atoms with E-state index in [1.54, 1.807) is 42.5 Å². The van der Waals surface area contributed by atoms with Crippen molar-refractivity contribution in [1.82, 2.24) is 4.37 Å². The minimum atomic E-state index is -0.837. The number of rotatable bonds is 4. The number of hydrogen-bond acceptors (Lipinski definition) is 5. The first kappa shape index (κ1) is 18.8. The summed E-state index contributed by atoms with van der Waals surface area (Å²) in [5, 5.41) is 19.5. The van der Waals surface area contributed by atoms with E-state index in [0.29, 0.717) is 21.2 Å². The molecule has 0 radical (unpaired) electrons. The highest BCUT2D eigenvalue weighted by Gasteiger charge is 2.02. The number of H-pyrrole nitrogens is 1. The molecule has 0 spiro atoms. The van der Waals surface area contributed by atoms with E-state index in [4.69, 9.17) is 38.2 Å². The number of aliphatic hydroxyl groups excluding tert-OH is 2. The topological polar surface area (TPSA) is 82.6 Å². The number of ether oxygens (including phenoxy) is 1. The van der Waals surface area contributed by atoms with Gasteiger partial charge in [-0.1, -0.05) is 34.7 Å². The SMILES string of the molecule is O=c1[nH]sc2cc(Cl)ccc12.OCC(O)COc1ccc(Cl)cc1. The summed E-state index contributed by atoms with van der Waals surface area (Å²) in [7, 11) is 0. The highest BCUT2D eigenvalue weighted by molar-refractivity contribution is 7.13. The fourth-order valence-corrected chi connectivity index (χ4v) is 2.83. The van der Waals surface area contributed by atoms with Crippen LogP contribution in [0.1, 0.15) is 0 Å². The molecule has 0 saturated carbocycles. The summed E-state index contributed by atoms with van der Waals surface area (Å²) in [6, 6.07) is 12.0. The normalized spacial score (nSPS) is 11.7. The number of aromatic nitrogens is 1. The largest absolute Gasteiger partial charge is 0.491 e. The van der Waals surface area contributed by atoms with Crippen molar-refractivity contribution in [3.63, 3.8) is 0 Å². The van der Waals surface area contributed by atoms with E-state index >= 15 is 0 Å². The second-order valence-corrected chi connectivity index (χ2v) is 6.50. The second kappa shape index (κ2) is 9.05. The maximum Gasteiger partial charge on any atom is 0.265 e. The van der Waals surface area contributed by atoms with Gasteiger partial charge >= 0.3 is 0 Å². The maximum atomic E-state index is 11.0. The predicted octanol–water partition coefficient (Wildman–Crippen LogP) is 3.32. The molecule has 1 unspecified atom stereocenters. The maximum absolute atomic E-state index is 11.0. The number of aromatic amines is 1. The molecule has 1 atom stereocenters. The molecule has 0 aliphatic heterocycles. The van der Waals surface area contributed by atoms with Crippen LogP contribution in [0.2, 0.25) is 10.0 Å². The molecular weight excluding hydrogens is 373 g/mol. The molecule has 0 bridgehead atoms. The Bertz CT molecular complexity index is 832. The third-order valence-corrected chi connectivity index (χ3v) is 4.24. The molecule has 0 aliphatic rings. The Balaban J connectivity index is 0.000000175. The molecular formula is C16H15Cl2NO4S. The first-order valence-electron chi connectivity index (χ1n) is 6.93. The van der Waals surface area contributed by atoms with Crippen molar-refractivity contribution < 1.29 is 14.9 Å². The van der Waals surface area contributed by atoms with Gasteiger partial charge in [-0.15, -0.1) is 0 Å². The molecule has 0 saturated heterocycles. The minimum absolute atomic E-state index is 0.0401. The first-order valence-corrected chi connectivity index (χ1v) is 8.51. The van der Waals surface area contributed by atoms with Crippen LogP contribution in [0.5, 0.6) is 5.75 Å². The van der Waals surface area contributed by atoms with Crippen molar-refractivity contribution in [1.29, 1.82) is 0 Å². The molecule has 0 amide bonds. The monoisotopic (exact) mass is 387 g/mol. The quantitative estimate of drug-likeness (QED) is 0.641. The number of fused-ring (bicyclic) bond motifs is 1. The Labute approximate surface area is 152 Å². The summed E-state index contributed by atoms with van der Waals surface area (Å²) >= 11 is 12.7.